The van der Waals surface area contributed by atoms with E-state index >= 15 is 0 Å². The lowest BCUT2D eigenvalue weighted by molar-refractivity contribution is 0.268. The fourth-order valence-corrected chi connectivity index (χ4v) is 3.71. The highest BCUT2D eigenvalue weighted by Crippen LogP contribution is 2.46. The minimum Gasteiger partial charge on any atom is -0.394 e. The summed E-state index contributed by atoms with van der Waals surface area (Å²) in [4.78, 5) is 6.01. The maximum absolute atomic E-state index is 9.32. The van der Waals surface area contributed by atoms with Crippen molar-refractivity contribution in [3.05, 3.63) is 29.3 Å². The molecule has 4 nitrogen and oxygen atoms in total. The number of nitrogens with zero attached hydrogens (tertiary/aromatic N) is 1. The number of aromatic amines is 1. The predicted molar refractivity (Wildman–Crippen MR) is 76.5 cm³/mol. The number of aliphatic hydroxyl groups excluding tert-OH is 1. The van der Waals surface area contributed by atoms with Crippen LogP contribution in [0, 0.1) is 0 Å². The van der Waals surface area contributed by atoms with Crippen LogP contribution in [0.5, 0.6) is 0 Å². The quantitative estimate of drug-likeness (QED) is 0.769. The number of fused-ring (bicyclic) bond motifs is 3. The van der Waals surface area contributed by atoms with Gasteiger partial charge in [-0.25, -0.2) is 0 Å². The molecule has 0 radical (unpaired) electrons. The second-order valence-electron chi connectivity index (χ2n) is 5.71. The molecule has 0 saturated carbocycles. The number of anilines is 1. The topological polar surface area (TPSA) is 65.3 Å². The van der Waals surface area contributed by atoms with E-state index in [4.69, 9.17) is 5.73 Å². The second kappa shape index (κ2) is 3.99. The lowest BCUT2D eigenvalue weighted by Gasteiger charge is -2.40. The molecule has 1 fully saturated rings. The summed E-state index contributed by atoms with van der Waals surface area (Å²) in [5, 5.41) is 10.6. The molecule has 1 saturated heterocycles. The lowest BCUT2D eigenvalue weighted by Crippen LogP contribution is -2.38. The normalized spacial score (nSPS) is 20.0. The number of para-hydroxylation sites is 1. The summed E-state index contributed by atoms with van der Waals surface area (Å²) in [6.45, 7) is 2.30. The van der Waals surface area contributed by atoms with Gasteiger partial charge in [-0.3, -0.25) is 0 Å². The van der Waals surface area contributed by atoms with Gasteiger partial charge in [0.15, 0.2) is 0 Å². The van der Waals surface area contributed by atoms with Crippen molar-refractivity contribution in [3.8, 4) is 0 Å². The van der Waals surface area contributed by atoms with E-state index < -0.39 is 0 Å². The summed E-state index contributed by atoms with van der Waals surface area (Å²) in [6.07, 6.45) is 2.52. The summed E-state index contributed by atoms with van der Waals surface area (Å²) in [5.74, 6) is 1.98. The summed E-state index contributed by atoms with van der Waals surface area (Å²) in [5.41, 5.74) is 9.63. The molecule has 3 aliphatic heterocycles. The number of piperidine rings is 1. The monoisotopic (exact) mass is 257 g/mol. The Morgan fingerprint density at radius 2 is 2.16 bits per heavy atom. The zero-order valence-corrected chi connectivity index (χ0v) is 10.9. The van der Waals surface area contributed by atoms with Crippen LogP contribution in [0.1, 0.15) is 35.9 Å². The molecule has 0 amide bonds. The minimum absolute atomic E-state index is 0.0179. The third-order valence-electron chi connectivity index (χ3n) is 4.70. The molecule has 2 bridgehead atoms. The van der Waals surface area contributed by atoms with Crippen molar-refractivity contribution in [2.45, 2.75) is 24.8 Å². The first-order valence-corrected chi connectivity index (χ1v) is 7.05. The van der Waals surface area contributed by atoms with Gasteiger partial charge in [0.1, 0.15) is 5.82 Å². The van der Waals surface area contributed by atoms with Crippen LogP contribution in [-0.2, 0) is 0 Å². The number of benzene rings is 1. The molecule has 4 heterocycles. The van der Waals surface area contributed by atoms with Crippen molar-refractivity contribution in [1.29, 1.82) is 0 Å². The smallest absolute Gasteiger partial charge is 0.110 e. The molecule has 0 aliphatic carbocycles. The molecule has 1 aromatic heterocycles. The van der Waals surface area contributed by atoms with Crippen LogP contribution in [0.2, 0.25) is 0 Å². The minimum atomic E-state index is -0.309. The largest absolute Gasteiger partial charge is 0.394 e. The summed E-state index contributed by atoms with van der Waals surface area (Å²) >= 11 is 0. The van der Waals surface area contributed by atoms with Gasteiger partial charge in [-0.1, -0.05) is 18.2 Å². The molecule has 1 unspecified atom stereocenters. The molecule has 5 rings (SSSR count). The molecular formula is C15H19N3O. The van der Waals surface area contributed by atoms with Crippen molar-refractivity contribution in [1.82, 2.24) is 4.98 Å². The van der Waals surface area contributed by atoms with Crippen LogP contribution in [0.4, 0.5) is 5.82 Å². The van der Waals surface area contributed by atoms with Crippen molar-refractivity contribution < 1.29 is 5.11 Å². The molecule has 1 aromatic carbocycles. The summed E-state index contributed by atoms with van der Waals surface area (Å²) < 4.78 is 0. The van der Waals surface area contributed by atoms with Gasteiger partial charge in [-0.05, 0) is 24.3 Å². The molecule has 2 aromatic rings. The summed E-state index contributed by atoms with van der Waals surface area (Å²) in [7, 11) is 0. The SMILES string of the molecule is NC(CO)c1cccc2c3c([nH]c12)N1CCC3CC1. The number of H-pyrrole nitrogens is 1. The Bertz CT molecular complexity index is 626. The van der Waals surface area contributed by atoms with Gasteiger partial charge in [0.2, 0.25) is 0 Å². The van der Waals surface area contributed by atoms with Gasteiger partial charge < -0.3 is 20.7 Å². The van der Waals surface area contributed by atoms with Crippen LogP contribution in [0.25, 0.3) is 10.9 Å². The molecule has 19 heavy (non-hydrogen) atoms. The standard InChI is InChI=1S/C15H19N3O/c16-12(8-19)10-2-1-3-11-13-9-4-6-18(7-5-9)15(13)17-14(10)11/h1-3,9,12,17,19H,4-8,16H2. The zero-order chi connectivity index (χ0) is 13.0. The number of nitrogens with two attached hydrogens (primary N) is 1. The Labute approximate surface area is 112 Å². The number of hydrogen-bond acceptors (Lipinski definition) is 3. The van der Waals surface area contributed by atoms with Crippen molar-refractivity contribution in [2.24, 2.45) is 5.73 Å². The first-order valence-electron chi connectivity index (χ1n) is 7.05. The first kappa shape index (κ1) is 11.3. The molecule has 1 atom stereocenters. The number of rotatable bonds is 2. The molecular weight excluding hydrogens is 238 g/mol. The van der Waals surface area contributed by atoms with Crippen molar-refractivity contribution >= 4 is 16.7 Å². The first-order chi connectivity index (χ1) is 9.29. The number of nitrogens with one attached hydrogen (secondary N) is 1. The van der Waals surface area contributed by atoms with Crippen LogP contribution in [0.3, 0.4) is 0 Å². The average molecular weight is 257 g/mol. The predicted octanol–water partition coefficient (Wildman–Crippen LogP) is 1.86. The number of aromatic nitrogens is 1. The van der Waals surface area contributed by atoms with E-state index in [1.807, 2.05) is 6.07 Å². The zero-order valence-electron chi connectivity index (χ0n) is 10.9. The molecule has 4 heteroatoms. The summed E-state index contributed by atoms with van der Waals surface area (Å²) in [6, 6.07) is 5.94. The fourth-order valence-electron chi connectivity index (χ4n) is 3.71. The molecule has 4 N–H and O–H groups in total. The third-order valence-corrected chi connectivity index (χ3v) is 4.70. The Morgan fingerprint density at radius 3 is 2.89 bits per heavy atom. The Balaban J connectivity index is 1.98. The molecule has 0 spiro atoms. The van der Waals surface area contributed by atoms with E-state index in [9.17, 15) is 5.11 Å². The van der Waals surface area contributed by atoms with Gasteiger partial charge in [0.05, 0.1) is 18.2 Å². The maximum atomic E-state index is 9.32. The maximum Gasteiger partial charge on any atom is 0.110 e. The Morgan fingerprint density at radius 1 is 1.37 bits per heavy atom. The van der Waals surface area contributed by atoms with E-state index in [0.717, 1.165) is 24.2 Å². The van der Waals surface area contributed by atoms with Crippen LogP contribution in [0.15, 0.2) is 18.2 Å². The van der Waals surface area contributed by atoms with Crippen molar-refractivity contribution in [3.63, 3.8) is 0 Å². The van der Waals surface area contributed by atoms with E-state index in [0.29, 0.717) is 5.92 Å². The third kappa shape index (κ3) is 1.47. The van der Waals surface area contributed by atoms with Gasteiger partial charge in [-0.15, -0.1) is 0 Å². The van der Waals surface area contributed by atoms with Crippen molar-refractivity contribution in [2.75, 3.05) is 24.6 Å². The van der Waals surface area contributed by atoms with E-state index in [-0.39, 0.29) is 12.6 Å². The molecule has 3 aliphatic rings. The lowest BCUT2D eigenvalue weighted by atomic mass is 9.84. The van der Waals surface area contributed by atoms with Crippen LogP contribution < -0.4 is 10.6 Å². The number of hydrogen-bond donors (Lipinski definition) is 3. The highest BCUT2D eigenvalue weighted by Gasteiger charge is 2.34. The second-order valence-corrected chi connectivity index (χ2v) is 5.71. The average Bonchev–Trinajstić information content (AvgIpc) is 2.89. The van der Waals surface area contributed by atoms with Gasteiger partial charge in [0.25, 0.3) is 0 Å². The molecule has 100 valence electrons. The fraction of sp³-hybridized carbons (Fsp3) is 0.467. The van der Waals surface area contributed by atoms with Gasteiger partial charge >= 0.3 is 0 Å². The van der Waals surface area contributed by atoms with E-state index in [2.05, 4.69) is 22.0 Å². The van der Waals surface area contributed by atoms with E-state index in [1.165, 1.54) is 29.6 Å². The van der Waals surface area contributed by atoms with E-state index in [1.54, 1.807) is 0 Å². The van der Waals surface area contributed by atoms with Gasteiger partial charge in [0, 0.05) is 24.0 Å². The van der Waals surface area contributed by atoms with Gasteiger partial charge in [-0.2, -0.15) is 0 Å². The van der Waals surface area contributed by atoms with Crippen LogP contribution >= 0.6 is 0 Å². The highest BCUT2D eigenvalue weighted by molar-refractivity contribution is 5.93. The Kier molecular flexibility index (Phi) is 2.37. The number of aliphatic hydroxyl groups is 1. The highest BCUT2D eigenvalue weighted by atomic mass is 16.3. The van der Waals surface area contributed by atoms with Crippen LogP contribution in [-0.4, -0.2) is 29.8 Å². The Hall–Kier alpha value is -1.52.